The van der Waals surface area contributed by atoms with Gasteiger partial charge in [-0.3, -0.25) is 0 Å². The zero-order valence-electron chi connectivity index (χ0n) is 5.83. The minimum atomic E-state index is 0.106. The van der Waals surface area contributed by atoms with Crippen molar-refractivity contribution in [2.24, 2.45) is 0 Å². The molecule has 0 spiro atoms. The van der Waals surface area contributed by atoms with E-state index >= 15 is 0 Å². The zero-order valence-corrected chi connectivity index (χ0v) is 5.83. The van der Waals surface area contributed by atoms with Crippen molar-refractivity contribution in [2.45, 2.75) is 12.5 Å². The molecule has 0 radical (unpaired) electrons. The molecule has 0 N–H and O–H groups in total. The molecule has 0 bridgehead atoms. The van der Waals surface area contributed by atoms with Crippen LogP contribution in [0.4, 0.5) is 0 Å². The lowest BCUT2D eigenvalue weighted by atomic mass is 10.3. The fourth-order valence-corrected chi connectivity index (χ4v) is 1.04. The van der Waals surface area contributed by atoms with Crippen molar-refractivity contribution in [3.63, 3.8) is 0 Å². The third-order valence-electron chi connectivity index (χ3n) is 1.86. The number of hydrazine groups is 1. The summed E-state index contributed by atoms with van der Waals surface area (Å²) < 4.78 is 0. The molecule has 1 rings (SSSR count). The average molecular weight is 125 g/mol. The summed E-state index contributed by atoms with van der Waals surface area (Å²) in [4.78, 5) is 0. The van der Waals surface area contributed by atoms with Crippen LogP contribution in [-0.2, 0) is 0 Å². The minimum Gasteiger partial charge on any atom is -0.244 e. The third kappa shape index (κ3) is 1.04. The molecule has 3 heteroatoms. The topological polar surface area (TPSA) is 30.3 Å². The summed E-state index contributed by atoms with van der Waals surface area (Å²) in [7, 11) is 3.94. The van der Waals surface area contributed by atoms with E-state index in [1.807, 2.05) is 19.1 Å². The fourth-order valence-electron chi connectivity index (χ4n) is 1.04. The summed E-state index contributed by atoms with van der Waals surface area (Å²) in [5.41, 5.74) is 0. The predicted octanol–water partition coefficient (Wildman–Crippen LogP) is 0.0609. The second-order valence-corrected chi connectivity index (χ2v) is 2.39. The van der Waals surface area contributed by atoms with Crippen LogP contribution in [0, 0.1) is 11.3 Å². The molecule has 0 saturated carbocycles. The van der Waals surface area contributed by atoms with Crippen LogP contribution < -0.4 is 0 Å². The molecule has 1 saturated heterocycles. The van der Waals surface area contributed by atoms with E-state index in [0.29, 0.717) is 0 Å². The Morgan fingerprint density at radius 3 is 2.44 bits per heavy atom. The quantitative estimate of drug-likeness (QED) is 0.458. The Morgan fingerprint density at radius 2 is 2.22 bits per heavy atom. The monoisotopic (exact) mass is 125 g/mol. The van der Waals surface area contributed by atoms with Crippen LogP contribution in [0.1, 0.15) is 6.42 Å². The van der Waals surface area contributed by atoms with Gasteiger partial charge in [-0.15, -0.1) is 0 Å². The highest BCUT2D eigenvalue weighted by molar-refractivity contribution is 4.93. The largest absolute Gasteiger partial charge is 0.244 e. The molecule has 1 heterocycles. The van der Waals surface area contributed by atoms with Crippen molar-refractivity contribution in [3.05, 3.63) is 0 Å². The van der Waals surface area contributed by atoms with Crippen LogP contribution in [0.2, 0.25) is 0 Å². The van der Waals surface area contributed by atoms with E-state index in [-0.39, 0.29) is 6.04 Å². The number of nitriles is 1. The van der Waals surface area contributed by atoms with Crippen molar-refractivity contribution in [2.75, 3.05) is 20.6 Å². The molecular weight excluding hydrogens is 114 g/mol. The molecule has 3 nitrogen and oxygen atoms in total. The molecule has 1 atom stereocenters. The van der Waals surface area contributed by atoms with Gasteiger partial charge in [0.15, 0.2) is 0 Å². The molecule has 0 aliphatic carbocycles. The predicted molar refractivity (Wildman–Crippen MR) is 34.4 cm³/mol. The van der Waals surface area contributed by atoms with E-state index in [0.717, 1.165) is 13.0 Å². The lowest BCUT2D eigenvalue weighted by Crippen LogP contribution is -2.33. The summed E-state index contributed by atoms with van der Waals surface area (Å²) in [6, 6.07) is 2.33. The van der Waals surface area contributed by atoms with E-state index in [9.17, 15) is 0 Å². The summed E-state index contributed by atoms with van der Waals surface area (Å²) in [6.07, 6.45) is 0.976. The van der Waals surface area contributed by atoms with Crippen LogP contribution in [0.15, 0.2) is 0 Å². The Balaban J connectivity index is 2.54. The second-order valence-electron chi connectivity index (χ2n) is 2.39. The van der Waals surface area contributed by atoms with E-state index in [1.165, 1.54) is 0 Å². The molecule has 1 aliphatic heterocycles. The lowest BCUT2D eigenvalue weighted by molar-refractivity contribution is 0.0702. The second kappa shape index (κ2) is 2.34. The van der Waals surface area contributed by atoms with Gasteiger partial charge in [0.1, 0.15) is 6.04 Å². The highest BCUT2D eigenvalue weighted by Crippen LogP contribution is 2.11. The highest BCUT2D eigenvalue weighted by Gasteiger charge is 2.24. The molecule has 1 fully saturated rings. The number of rotatable bonds is 0. The van der Waals surface area contributed by atoms with Gasteiger partial charge in [-0.05, 0) is 6.42 Å². The van der Waals surface area contributed by atoms with Gasteiger partial charge in [0.25, 0.3) is 0 Å². The first kappa shape index (κ1) is 6.53. The van der Waals surface area contributed by atoms with Crippen LogP contribution in [0.5, 0.6) is 0 Å². The van der Waals surface area contributed by atoms with Crippen molar-refractivity contribution in [1.29, 1.82) is 5.26 Å². The summed E-state index contributed by atoms with van der Waals surface area (Å²) in [5, 5.41) is 12.6. The van der Waals surface area contributed by atoms with Gasteiger partial charge >= 0.3 is 0 Å². The van der Waals surface area contributed by atoms with Crippen LogP contribution in [0.25, 0.3) is 0 Å². The first-order valence-electron chi connectivity index (χ1n) is 3.09. The van der Waals surface area contributed by atoms with Gasteiger partial charge < -0.3 is 0 Å². The fraction of sp³-hybridized carbons (Fsp3) is 0.833. The maximum Gasteiger partial charge on any atom is 0.112 e. The molecule has 1 unspecified atom stereocenters. The van der Waals surface area contributed by atoms with E-state index in [4.69, 9.17) is 5.26 Å². The summed E-state index contributed by atoms with van der Waals surface area (Å²) in [5.74, 6) is 0. The normalized spacial score (nSPS) is 30.6. The highest BCUT2D eigenvalue weighted by atomic mass is 15.6. The van der Waals surface area contributed by atoms with E-state index in [1.54, 1.807) is 0 Å². The van der Waals surface area contributed by atoms with Gasteiger partial charge in [0.05, 0.1) is 6.07 Å². The van der Waals surface area contributed by atoms with E-state index in [2.05, 4.69) is 11.1 Å². The summed E-state index contributed by atoms with van der Waals surface area (Å²) >= 11 is 0. The van der Waals surface area contributed by atoms with E-state index < -0.39 is 0 Å². The van der Waals surface area contributed by atoms with Gasteiger partial charge in [0.2, 0.25) is 0 Å². The van der Waals surface area contributed by atoms with Gasteiger partial charge in [-0.1, -0.05) is 0 Å². The van der Waals surface area contributed by atoms with Crippen molar-refractivity contribution in [3.8, 4) is 6.07 Å². The number of nitrogens with zero attached hydrogens (tertiary/aromatic N) is 3. The van der Waals surface area contributed by atoms with Crippen molar-refractivity contribution >= 4 is 0 Å². The average Bonchev–Trinajstić information content (AvgIpc) is 2.15. The Morgan fingerprint density at radius 1 is 1.56 bits per heavy atom. The van der Waals surface area contributed by atoms with Crippen molar-refractivity contribution < 1.29 is 0 Å². The maximum absolute atomic E-state index is 8.54. The summed E-state index contributed by atoms with van der Waals surface area (Å²) in [6.45, 7) is 1.01. The number of hydrogen-bond donors (Lipinski definition) is 0. The molecule has 0 aromatic heterocycles. The molecule has 0 aromatic rings. The van der Waals surface area contributed by atoms with Gasteiger partial charge in [0, 0.05) is 20.6 Å². The Kier molecular flexibility index (Phi) is 1.70. The molecule has 9 heavy (non-hydrogen) atoms. The first-order chi connectivity index (χ1) is 4.25. The SMILES string of the molecule is CN1CCC(C#N)N1C. The Labute approximate surface area is 55.4 Å². The third-order valence-corrected chi connectivity index (χ3v) is 1.86. The molecule has 1 aliphatic rings. The minimum absolute atomic E-state index is 0.106. The lowest BCUT2D eigenvalue weighted by Gasteiger charge is -2.20. The number of hydrogen-bond acceptors (Lipinski definition) is 3. The smallest absolute Gasteiger partial charge is 0.112 e. The molecule has 0 amide bonds. The molecular formula is C6H11N3. The molecule has 50 valence electrons. The Bertz CT molecular complexity index is 138. The zero-order chi connectivity index (χ0) is 6.85. The molecule has 0 aromatic carbocycles. The maximum atomic E-state index is 8.54. The van der Waals surface area contributed by atoms with Crippen LogP contribution >= 0.6 is 0 Å². The van der Waals surface area contributed by atoms with Gasteiger partial charge in [-0.25, -0.2) is 10.0 Å². The van der Waals surface area contributed by atoms with Crippen LogP contribution in [0.3, 0.4) is 0 Å². The van der Waals surface area contributed by atoms with Gasteiger partial charge in [-0.2, -0.15) is 5.26 Å². The van der Waals surface area contributed by atoms with Crippen molar-refractivity contribution in [1.82, 2.24) is 10.0 Å². The van der Waals surface area contributed by atoms with Crippen LogP contribution in [-0.4, -0.2) is 36.7 Å². The standard InChI is InChI=1S/C6H11N3/c1-8-4-3-6(5-7)9(8)2/h6H,3-4H2,1-2H3. The first-order valence-corrected chi connectivity index (χ1v) is 3.09. The Hall–Kier alpha value is -0.590.